The van der Waals surface area contributed by atoms with Gasteiger partial charge >= 0.3 is 0 Å². The van der Waals surface area contributed by atoms with Gasteiger partial charge in [0.05, 0.1) is 17.7 Å². The van der Waals surface area contributed by atoms with E-state index in [0.29, 0.717) is 16.8 Å². The van der Waals surface area contributed by atoms with Gasteiger partial charge in [-0.25, -0.2) is 4.39 Å². The molecule has 0 heterocycles. The average molecular weight is 265 g/mol. The highest BCUT2D eigenvalue weighted by molar-refractivity contribution is 5.52. The van der Waals surface area contributed by atoms with E-state index in [4.69, 9.17) is 5.26 Å². The van der Waals surface area contributed by atoms with Crippen molar-refractivity contribution in [2.24, 2.45) is 0 Å². The molecule has 0 aliphatic rings. The molecule has 0 radical (unpaired) electrons. The second-order valence-electron chi connectivity index (χ2n) is 4.42. The summed E-state index contributed by atoms with van der Waals surface area (Å²) in [6.07, 6.45) is 0. The van der Waals surface area contributed by atoms with Crippen molar-refractivity contribution in [3.63, 3.8) is 0 Å². The molecule has 20 heavy (non-hydrogen) atoms. The summed E-state index contributed by atoms with van der Waals surface area (Å²) in [6.45, 7) is 1.78. The van der Waals surface area contributed by atoms with Gasteiger partial charge < -0.3 is 5.32 Å². The van der Waals surface area contributed by atoms with E-state index in [-0.39, 0.29) is 5.82 Å². The molecular formula is C16H12FN3. The molecule has 0 saturated carbocycles. The SMILES string of the molecule is Cc1cc(F)cc(NC(C#N)c2ccccc2C#N)c1. The first-order chi connectivity index (χ1) is 9.63. The number of benzene rings is 2. The van der Waals surface area contributed by atoms with E-state index in [1.165, 1.54) is 12.1 Å². The zero-order chi connectivity index (χ0) is 14.5. The van der Waals surface area contributed by atoms with Crippen LogP contribution in [0.3, 0.4) is 0 Å². The van der Waals surface area contributed by atoms with Gasteiger partial charge in [0.2, 0.25) is 0 Å². The Balaban J connectivity index is 2.35. The largest absolute Gasteiger partial charge is 0.366 e. The van der Waals surface area contributed by atoms with Gasteiger partial charge in [-0.05, 0) is 36.8 Å². The molecule has 1 N–H and O–H groups in total. The van der Waals surface area contributed by atoms with Gasteiger partial charge in [-0.1, -0.05) is 18.2 Å². The van der Waals surface area contributed by atoms with E-state index >= 15 is 0 Å². The zero-order valence-corrected chi connectivity index (χ0v) is 10.9. The quantitative estimate of drug-likeness (QED) is 0.920. The number of anilines is 1. The summed E-state index contributed by atoms with van der Waals surface area (Å²) in [6, 6.07) is 14.8. The van der Waals surface area contributed by atoms with Crippen LogP contribution in [0, 0.1) is 35.4 Å². The maximum Gasteiger partial charge on any atom is 0.141 e. The molecule has 0 bridgehead atoms. The number of nitrogens with one attached hydrogen (secondary N) is 1. The first-order valence-corrected chi connectivity index (χ1v) is 6.06. The molecule has 3 nitrogen and oxygen atoms in total. The summed E-state index contributed by atoms with van der Waals surface area (Å²) in [5.41, 5.74) is 2.29. The Morgan fingerprint density at radius 2 is 1.90 bits per heavy atom. The van der Waals surface area contributed by atoms with E-state index in [1.807, 2.05) is 0 Å². The smallest absolute Gasteiger partial charge is 0.141 e. The van der Waals surface area contributed by atoms with E-state index in [2.05, 4.69) is 17.5 Å². The van der Waals surface area contributed by atoms with Gasteiger partial charge in [-0.3, -0.25) is 0 Å². The van der Waals surface area contributed by atoms with Crippen molar-refractivity contribution in [1.29, 1.82) is 10.5 Å². The molecule has 0 saturated heterocycles. The Hall–Kier alpha value is -2.85. The molecule has 0 aromatic heterocycles. The predicted octanol–water partition coefficient (Wildman–Crippen LogP) is 3.68. The van der Waals surface area contributed by atoms with Crippen LogP contribution in [0.1, 0.15) is 22.7 Å². The summed E-state index contributed by atoms with van der Waals surface area (Å²) in [4.78, 5) is 0. The summed E-state index contributed by atoms with van der Waals surface area (Å²) < 4.78 is 13.4. The molecule has 0 aliphatic carbocycles. The third kappa shape index (κ3) is 2.93. The van der Waals surface area contributed by atoms with Crippen molar-refractivity contribution < 1.29 is 4.39 Å². The highest BCUT2D eigenvalue weighted by Gasteiger charge is 2.14. The number of nitrogens with zero attached hydrogens (tertiary/aromatic N) is 2. The fourth-order valence-electron chi connectivity index (χ4n) is 2.02. The van der Waals surface area contributed by atoms with Crippen LogP contribution in [0.5, 0.6) is 0 Å². The van der Waals surface area contributed by atoms with Crippen molar-refractivity contribution in [2.75, 3.05) is 5.32 Å². The molecule has 0 amide bonds. The Bertz CT molecular complexity index is 690. The van der Waals surface area contributed by atoms with Crippen LogP contribution in [0.15, 0.2) is 42.5 Å². The Kier molecular flexibility index (Phi) is 3.98. The molecule has 1 unspecified atom stereocenters. The highest BCUT2D eigenvalue weighted by atomic mass is 19.1. The lowest BCUT2D eigenvalue weighted by Crippen LogP contribution is -2.10. The van der Waals surface area contributed by atoms with Crippen LogP contribution < -0.4 is 5.32 Å². The molecule has 4 heteroatoms. The van der Waals surface area contributed by atoms with Crippen LogP contribution in [-0.2, 0) is 0 Å². The minimum absolute atomic E-state index is 0.363. The second kappa shape index (κ2) is 5.86. The normalized spacial score (nSPS) is 11.2. The minimum atomic E-state index is -0.702. The maximum atomic E-state index is 13.4. The van der Waals surface area contributed by atoms with Crippen LogP contribution in [0.25, 0.3) is 0 Å². The number of rotatable bonds is 3. The zero-order valence-electron chi connectivity index (χ0n) is 10.9. The number of aryl methyl sites for hydroxylation is 1. The lowest BCUT2D eigenvalue weighted by Gasteiger charge is -2.15. The Morgan fingerprint density at radius 3 is 2.55 bits per heavy atom. The van der Waals surface area contributed by atoms with Crippen molar-refractivity contribution in [1.82, 2.24) is 0 Å². The standard InChI is InChI=1S/C16H12FN3/c1-11-6-13(17)8-14(7-11)20-16(10-19)15-5-3-2-4-12(15)9-18/h2-8,16,20H,1H3. The van der Waals surface area contributed by atoms with Gasteiger partial charge in [0.15, 0.2) is 0 Å². The third-order valence-electron chi connectivity index (χ3n) is 2.87. The predicted molar refractivity (Wildman–Crippen MR) is 74.3 cm³/mol. The number of hydrogen-bond acceptors (Lipinski definition) is 3. The maximum absolute atomic E-state index is 13.4. The van der Waals surface area contributed by atoms with Gasteiger partial charge in [-0.15, -0.1) is 0 Å². The third-order valence-corrected chi connectivity index (χ3v) is 2.87. The van der Waals surface area contributed by atoms with Gasteiger partial charge in [0.25, 0.3) is 0 Å². The summed E-state index contributed by atoms with van der Waals surface area (Å²) in [5, 5.41) is 21.3. The molecular weight excluding hydrogens is 253 g/mol. The number of hydrogen-bond donors (Lipinski definition) is 1. The van der Waals surface area contributed by atoms with Crippen molar-refractivity contribution in [2.45, 2.75) is 13.0 Å². The first kappa shape index (κ1) is 13.6. The topological polar surface area (TPSA) is 59.6 Å². The Labute approximate surface area is 116 Å². The number of halogens is 1. The fourth-order valence-corrected chi connectivity index (χ4v) is 2.02. The molecule has 1 atom stereocenters. The summed E-state index contributed by atoms with van der Waals surface area (Å²) in [5.74, 6) is -0.363. The van der Waals surface area contributed by atoms with Gasteiger partial charge in [0.1, 0.15) is 11.9 Å². The van der Waals surface area contributed by atoms with Crippen LogP contribution >= 0.6 is 0 Å². The fraction of sp³-hybridized carbons (Fsp3) is 0.125. The summed E-state index contributed by atoms with van der Waals surface area (Å²) in [7, 11) is 0. The number of nitriles is 2. The van der Waals surface area contributed by atoms with Crippen LogP contribution in [-0.4, -0.2) is 0 Å². The minimum Gasteiger partial charge on any atom is -0.366 e. The summed E-state index contributed by atoms with van der Waals surface area (Å²) >= 11 is 0. The van der Waals surface area contributed by atoms with Crippen molar-refractivity contribution in [3.05, 3.63) is 65.0 Å². The molecule has 98 valence electrons. The molecule has 2 rings (SSSR count). The molecule has 2 aromatic carbocycles. The lowest BCUT2D eigenvalue weighted by atomic mass is 10.0. The first-order valence-electron chi connectivity index (χ1n) is 6.06. The monoisotopic (exact) mass is 265 g/mol. The van der Waals surface area contributed by atoms with E-state index in [0.717, 1.165) is 5.56 Å². The average Bonchev–Trinajstić information content (AvgIpc) is 2.43. The van der Waals surface area contributed by atoms with Crippen molar-refractivity contribution >= 4 is 5.69 Å². The molecule has 0 spiro atoms. The van der Waals surface area contributed by atoms with E-state index in [9.17, 15) is 9.65 Å². The van der Waals surface area contributed by atoms with Gasteiger partial charge in [-0.2, -0.15) is 10.5 Å². The van der Waals surface area contributed by atoms with Crippen LogP contribution in [0.4, 0.5) is 10.1 Å². The molecule has 0 aliphatic heterocycles. The molecule has 2 aromatic rings. The molecule has 0 fully saturated rings. The van der Waals surface area contributed by atoms with Gasteiger partial charge in [0, 0.05) is 11.3 Å². The Morgan fingerprint density at radius 1 is 1.15 bits per heavy atom. The lowest BCUT2D eigenvalue weighted by molar-refractivity contribution is 0.627. The van der Waals surface area contributed by atoms with Crippen LogP contribution in [0.2, 0.25) is 0 Å². The van der Waals surface area contributed by atoms with Crippen molar-refractivity contribution in [3.8, 4) is 12.1 Å². The highest BCUT2D eigenvalue weighted by Crippen LogP contribution is 2.23. The van der Waals surface area contributed by atoms with E-state index in [1.54, 1.807) is 37.3 Å². The van der Waals surface area contributed by atoms with E-state index < -0.39 is 6.04 Å². The second-order valence-corrected chi connectivity index (χ2v) is 4.42.